The van der Waals surface area contributed by atoms with E-state index in [4.69, 9.17) is 5.26 Å². The fraction of sp³-hybridized carbons (Fsp3) is 0.188. The Kier molecular flexibility index (Phi) is 3.62. The zero-order valence-corrected chi connectivity index (χ0v) is 12.1. The fourth-order valence-electron chi connectivity index (χ4n) is 2.38. The molecular weight excluding hydrogens is 278 g/mol. The van der Waals surface area contributed by atoms with Gasteiger partial charge in [-0.1, -0.05) is 6.07 Å². The maximum Gasteiger partial charge on any atom is 0.251 e. The number of rotatable bonds is 4. The van der Waals surface area contributed by atoms with Gasteiger partial charge in [-0.15, -0.1) is 0 Å². The maximum atomic E-state index is 11.7. The first-order chi connectivity index (χ1) is 10.7. The summed E-state index contributed by atoms with van der Waals surface area (Å²) in [5, 5.41) is 18.2. The number of anilines is 3. The minimum atomic E-state index is -0.0607. The van der Waals surface area contributed by atoms with Gasteiger partial charge >= 0.3 is 0 Å². The van der Waals surface area contributed by atoms with E-state index in [-0.39, 0.29) is 5.91 Å². The molecule has 2 heterocycles. The molecule has 0 radical (unpaired) electrons. The Morgan fingerprint density at radius 1 is 1.41 bits per heavy atom. The lowest BCUT2D eigenvalue weighted by Crippen LogP contribution is -2.12. The third-order valence-corrected chi connectivity index (χ3v) is 3.43. The van der Waals surface area contributed by atoms with Crippen molar-refractivity contribution in [1.82, 2.24) is 10.3 Å². The lowest BCUT2D eigenvalue weighted by atomic mass is 10.1. The molecule has 1 aromatic carbocycles. The smallest absolute Gasteiger partial charge is 0.251 e. The number of hydrogen-bond donors (Lipinski definition) is 3. The summed E-state index contributed by atoms with van der Waals surface area (Å²) in [7, 11) is 0. The molecule has 1 aliphatic heterocycles. The Bertz CT molecular complexity index is 779. The van der Waals surface area contributed by atoms with Crippen molar-refractivity contribution in [2.75, 3.05) is 17.2 Å². The van der Waals surface area contributed by atoms with E-state index in [1.54, 1.807) is 6.07 Å². The molecule has 110 valence electrons. The quantitative estimate of drug-likeness (QED) is 0.805. The van der Waals surface area contributed by atoms with Gasteiger partial charge in [0.1, 0.15) is 11.9 Å². The molecule has 6 nitrogen and oxygen atoms in total. The summed E-state index contributed by atoms with van der Waals surface area (Å²) in [6, 6.07) is 9.45. The summed E-state index contributed by atoms with van der Waals surface area (Å²) in [6.07, 6.45) is 1.53. The van der Waals surface area contributed by atoms with Crippen LogP contribution in [0.3, 0.4) is 0 Å². The molecule has 0 bridgehead atoms. The molecule has 3 rings (SSSR count). The third kappa shape index (κ3) is 2.56. The second-order valence-electron chi connectivity index (χ2n) is 4.94. The van der Waals surface area contributed by atoms with Crippen LogP contribution in [0.1, 0.15) is 28.4 Å². The van der Waals surface area contributed by atoms with E-state index in [2.05, 4.69) is 27.0 Å². The number of fused-ring (bicyclic) bond motifs is 1. The van der Waals surface area contributed by atoms with Gasteiger partial charge in [0.25, 0.3) is 5.91 Å². The zero-order valence-electron chi connectivity index (χ0n) is 12.1. The van der Waals surface area contributed by atoms with Crippen LogP contribution in [-0.2, 0) is 6.54 Å². The first kappa shape index (κ1) is 13.9. The van der Waals surface area contributed by atoms with E-state index in [0.717, 1.165) is 17.8 Å². The van der Waals surface area contributed by atoms with Crippen LogP contribution < -0.4 is 16.0 Å². The third-order valence-electron chi connectivity index (χ3n) is 3.43. The SMILES string of the molecule is CCNc1ncc(C#N)cc1Nc1ccc2c(c1)C(=O)NC2. The molecule has 0 aliphatic carbocycles. The van der Waals surface area contributed by atoms with Gasteiger partial charge in [-0.05, 0) is 30.7 Å². The Balaban J connectivity index is 1.94. The number of carbonyl (C=O) groups excluding carboxylic acids is 1. The van der Waals surface area contributed by atoms with Gasteiger partial charge in [-0.2, -0.15) is 5.26 Å². The number of pyridine rings is 1. The topological polar surface area (TPSA) is 89.8 Å². The molecule has 0 saturated carbocycles. The Labute approximate surface area is 128 Å². The first-order valence-electron chi connectivity index (χ1n) is 7.03. The van der Waals surface area contributed by atoms with Crippen LogP contribution >= 0.6 is 0 Å². The highest BCUT2D eigenvalue weighted by molar-refractivity contribution is 5.99. The molecule has 1 aliphatic rings. The van der Waals surface area contributed by atoms with E-state index in [1.807, 2.05) is 25.1 Å². The summed E-state index contributed by atoms with van der Waals surface area (Å²) < 4.78 is 0. The average molecular weight is 293 g/mol. The van der Waals surface area contributed by atoms with Crippen LogP contribution in [0.4, 0.5) is 17.2 Å². The molecule has 0 saturated heterocycles. The molecule has 0 atom stereocenters. The van der Waals surface area contributed by atoms with Crippen molar-refractivity contribution in [2.24, 2.45) is 0 Å². The fourth-order valence-corrected chi connectivity index (χ4v) is 2.38. The van der Waals surface area contributed by atoms with Crippen LogP contribution in [-0.4, -0.2) is 17.4 Å². The number of nitriles is 1. The number of benzene rings is 1. The molecule has 3 N–H and O–H groups in total. The summed E-state index contributed by atoms with van der Waals surface area (Å²) in [4.78, 5) is 16.0. The van der Waals surface area contributed by atoms with E-state index in [9.17, 15) is 4.79 Å². The van der Waals surface area contributed by atoms with Gasteiger partial charge in [-0.25, -0.2) is 4.98 Å². The Hall–Kier alpha value is -3.07. The van der Waals surface area contributed by atoms with Gasteiger partial charge in [-0.3, -0.25) is 4.79 Å². The van der Waals surface area contributed by atoms with Crippen LogP contribution in [0, 0.1) is 11.3 Å². The van der Waals surface area contributed by atoms with Gasteiger partial charge in [0, 0.05) is 30.5 Å². The van der Waals surface area contributed by atoms with Crippen LogP contribution in [0.5, 0.6) is 0 Å². The minimum Gasteiger partial charge on any atom is -0.369 e. The van der Waals surface area contributed by atoms with E-state index in [0.29, 0.717) is 29.2 Å². The van der Waals surface area contributed by atoms with Crippen LogP contribution in [0.15, 0.2) is 30.5 Å². The van der Waals surface area contributed by atoms with Crippen molar-refractivity contribution >= 4 is 23.1 Å². The molecule has 0 spiro atoms. The van der Waals surface area contributed by atoms with Crippen molar-refractivity contribution in [2.45, 2.75) is 13.5 Å². The number of nitrogens with one attached hydrogen (secondary N) is 3. The second-order valence-corrected chi connectivity index (χ2v) is 4.94. The normalized spacial score (nSPS) is 12.3. The monoisotopic (exact) mass is 293 g/mol. The molecule has 2 aromatic rings. The zero-order chi connectivity index (χ0) is 15.5. The molecule has 6 heteroatoms. The molecule has 1 amide bonds. The number of amides is 1. The Morgan fingerprint density at radius 3 is 3.05 bits per heavy atom. The first-order valence-corrected chi connectivity index (χ1v) is 7.03. The minimum absolute atomic E-state index is 0.0607. The highest BCUT2D eigenvalue weighted by Gasteiger charge is 2.19. The second kappa shape index (κ2) is 5.74. The number of hydrogen-bond acceptors (Lipinski definition) is 5. The molecular formula is C16H15N5O. The molecule has 0 unspecified atom stereocenters. The van der Waals surface area contributed by atoms with Crippen molar-refractivity contribution in [3.05, 3.63) is 47.2 Å². The highest BCUT2D eigenvalue weighted by Crippen LogP contribution is 2.27. The highest BCUT2D eigenvalue weighted by atomic mass is 16.1. The van der Waals surface area contributed by atoms with Gasteiger partial charge in [0.2, 0.25) is 0 Å². The van der Waals surface area contributed by atoms with E-state index >= 15 is 0 Å². The predicted molar refractivity (Wildman–Crippen MR) is 84.0 cm³/mol. The lowest BCUT2D eigenvalue weighted by Gasteiger charge is -2.13. The summed E-state index contributed by atoms with van der Waals surface area (Å²) in [6.45, 7) is 3.27. The Morgan fingerprint density at radius 2 is 2.27 bits per heavy atom. The maximum absolute atomic E-state index is 11.7. The summed E-state index contributed by atoms with van der Waals surface area (Å²) >= 11 is 0. The standard InChI is InChI=1S/C16H15N5O/c1-2-18-15-14(5-10(7-17)8-19-15)21-12-4-3-11-9-20-16(22)13(11)6-12/h3-6,8,21H,2,9H2,1H3,(H,18,19)(H,20,22). The number of nitrogens with zero attached hydrogens (tertiary/aromatic N) is 2. The van der Waals surface area contributed by atoms with Gasteiger partial charge < -0.3 is 16.0 Å². The predicted octanol–water partition coefficient (Wildman–Crippen LogP) is 2.37. The molecule has 22 heavy (non-hydrogen) atoms. The van der Waals surface area contributed by atoms with Gasteiger partial charge in [0.15, 0.2) is 0 Å². The molecule has 0 fully saturated rings. The van der Waals surface area contributed by atoms with Crippen molar-refractivity contribution in [3.8, 4) is 6.07 Å². The summed E-state index contributed by atoms with van der Waals surface area (Å²) in [5.41, 5.74) is 3.64. The summed E-state index contributed by atoms with van der Waals surface area (Å²) in [5.74, 6) is 0.612. The average Bonchev–Trinajstić information content (AvgIpc) is 2.90. The lowest BCUT2D eigenvalue weighted by molar-refractivity contribution is 0.0966. The van der Waals surface area contributed by atoms with Crippen molar-refractivity contribution in [1.29, 1.82) is 5.26 Å². The van der Waals surface area contributed by atoms with Gasteiger partial charge in [0.05, 0.1) is 11.3 Å². The number of carbonyl (C=O) groups is 1. The van der Waals surface area contributed by atoms with Crippen molar-refractivity contribution in [3.63, 3.8) is 0 Å². The van der Waals surface area contributed by atoms with Crippen LogP contribution in [0.2, 0.25) is 0 Å². The van der Waals surface area contributed by atoms with Crippen LogP contribution in [0.25, 0.3) is 0 Å². The van der Waals surface area contributed by atoms with E-state index < -0.39 is 0 Å². The molecule has 1 aromatic heterocycles. The van der Waals surface area contributed by atoms with Crippen molar-refractivity contribution < 1.29 is 4.79 Å². The number of aromatic nitrogens is 1. The van der Waals surface area contributed by atoms with E-state index in [1.165, 1.54) is 6.20 Å². The largest absolute Gasteiger partial charge is 0.369 e.